The standard InChI is InChI=1S/C8H10F7O3P/c1-5(7(10,11)12)17-19(16,4-3-9)18-6(2)8(13,14)15/h3-6H,1-2H3. The molecule has 0 radical (unpaired) electrons. The van der Waals surface area contributed by atoms with Crippen LogP contribution in [0.1, 0.15) is 13.8 Å². The molecule has 0 aromatic heterocycles. The molecule has 11 heteroatoms. The van der Waals surface area contributed by atoms with Crippen molar-refractivity contribution in [2.75, 3.05) is 0 Å². The zero-order chi connectivity index (χ0) is 15.5. The van der Waals surface area contributed by atoms with E-state index in [1.54, 1.807) is 0 Å². The van der Waals surface area contributed by atoms with Crippen molar-refractivity contribution in [2.24, 2.45) is 0 Å². The van der Waals surface area contributed by atoms with Crippen LogP contribution in [-0.4, -0.2) is 24.6 Å². The second kappa shape index (κ2) is 6.23. The van der Waals surface area contributed by atoms with Crippen LogP contribution in [0.25, 0.3) is 0 Å². The lowest BCUT2D eigenvalue weighted by atomic mass is 10.4. The van der Waals surface area contributed by atoms with E-state index in [1.807, 2.05) is 0 Å². The maximum absolute atomic E-state index is 12.1. The normalized spacial score (nSPS) is 20.3. The number of hydrogen-bond acceptors (Lipinski definition) is 3. The summed E-state index contributed by atoms with van der Waals surface area (Å²) < 4.78 is 104. The number of hydrogen-bond donors (Lipinski definition) is 0. The van der Waals surface area contributed by atoms with Gasteiger partial charge in [-0.1, -0.05) is 0 Å². The van der Waals surface area contributed by atoms with Gasteiger partial charge in [0.15, 0.2) is 12.2 Å². The van der Waals surface area contributed by atoms with E-state index < -0.39 is 38.5 Å². The number of alkyl halides is 6. The smallest absolute Gasteiger partial charge is 0.293 e. The van der Waals surface area contributed by atoms with Gasteiger partial charge in [0.2, 0.25) is 0 Å². The average Bonchev–Trinajstić information content (AvgIpc) is 2.13. The van der Waals surface area contributed by atoms with Crippen LogP contribution in [0.2, 0.25) is 0 Å². The molecular weight excluding hydrogens is 308 g/mol. The maximum atomic E-state index is 12.1. The van der Waals surface area contributed by atoms with Gasteiger partial charge in [-0.2, -0.15) is 26.3 Å². The molecule has 114 valence electrons. The van der Waals surface area contributed by atoms with E-state index in [9.17, 15) is 35.3 Å². The van der Waals surface area contributed by atoms with Crippen LogP contribution in [0.4, 0.5) is 30.7 Å². The first-order valence-corrected chi connectivity index (χ1v) is 6.31. The second-order valence-corrected chi connectivity index (χ2v) is 5.19. The topological polar surface area (TPSA) is 35.5 Å². The van der Waals surface area contributed by atoms with Gasteiger partial charge in [0.1, 0.15) is 0 Å². The summed E-state index contributed by atoms with van der Waals surface area (Å²) in [5, 5.41) is 0. The van der Waals surface area contributed by atoms with Crippen LogP contribution >= 0.6 is 7.60 Å². The van der Waals surface area contributed by atoms with E-state index in [2.05, 4.69) is 9.05 Å². The van der Waals surface area contributed by atoms with Crippen molar-refractivity contribution >= 4 is 7.60 Å². The third-order valence-electron chi connectivity index (χ3n) is 1.77. The Bertz CT molecular complexity index is 336. The van der Waals surface area contributed by atoms with Crippen molar-refractivity contribution in [2.45, 2.75) is 38.4 Å². The van der Waals surface area contributed by atoms with Crippen molar-refractivity contribution in [1.82, 2.24) is 0 Å². The van der Waals surface area contributed by atoms with Gasteiger partial charge in [-0.15, -0.1) is 0 Å². The Hall–Kier alpha value is -0.600. The highest BCUT2D eigenvalue weighted by Gasteiger charge is 2.46. The van der Waals surface area contributed by atoms with Crippen LogP contribution in [0.3, 0.4) is 0 Å². The van der Waals surface area contributed by atoms with E-state index in [-0.39, 0.29) is 5.82 Å². The maximum Gasteiger partial charge on any atom is 0.414 e. The zero-order valence-electron chi connectivity index (χ0n) is 9.63. The Morgan fingerprint density at radius 1 is 0.947 bits per heavy atom. The second-order valence-electron chi connectivity index (χ2n) is 3.39. The first-order valence-electron chi connectivity index (χ1n) is 4.69. The number of halogens is 7. The first kappa shape index (κ1) is 18.4. The summed E-state index contributed by atoms with van der Waals surface area (Å²) in [6.07, 6.45) is -15.8. The first-order chi connectivity index (χ1) is 8.32. The summed E-state index contributed by atoms with van der Waals surface area (Å²) in [6, 6.07) is 0. The molecule has 2 atom stereocenters. The fourth-order valence-corrected chi connectivity index (χ4v) is 2.17. The molecule has 0 fully saturated rings. The van der Waals surface area contributed by atoms with Gasteiger partial charge in [-0.25, -0.2) is 4.39 Å². The lowest BCUT2D eigenvalue weighted by molar-refractivity contribution is -0.203. The van der Waals surface area contributed by atoms with Crippen LogP contribution in [-0.2, 0) is 13.6 Å². The molecule has 0 rings (SSSR count). The summed E-state index contributed by atoms with van der Waals surface area (Å²) in [4.78, 5) is 0. The molecular formula is C8H10F7O3P. The summed E-state index contributed by atoms with van der Waals surface area (Å²) in [5.74, 6) is -0.114. The fourth-order valence-electron chi connectivity index (χ4n) is 0.724. The highest BCUT2D eigenvalue weighted by molar-refractivity contribution is 7.57. The van der Waals surface area contributed by atoms with Gasteiger partial charge in [-0.3, -0.25) is 13.6 Å². The molecule has 3 nitrogen and oxygen atoms in total. The molecule has 19 heavy (non-hydrogen) atoms. The molecule has 2 unspecified atom stereocenters. The van der Waals surface area contributed by atoms with E-state index >= 15 is 0 Å². The molecule has 0 bridgehead atoms. The van der Waals surface area contributed by atoms with Crippen molar-refractivity contribution in [1.29, 1.82) is 0 Å². The lowest BCUT2D eigenvalue weighted by Crippen LogP contribution is -2.31. The van der Waals surface area contributed by atoms with Crippen molar-refractivity contribution in [3.63, 3.8) is 0 Å². The van der Waals surface area contributed by atoms with E-state index in [0.29, 0.717) is 13.8 Å². The third-order valence-corrected chi connectivity index (χ3v) is 3.47. The Morgan fingerprint density at radius 3 is 1.47 bits per heavy atom. The average molecular weight is 318 g/mol. The highest BCUT2D eigenvalue weighted by atomic mass is 31.2. The zero-order valence-corrected chi connectivity index (χ0v) is 10.5. The molecule has 0 spiro atoms. The number of rotatable bonds is 5. The summed E-state index contributed by atoms with van der Waals surface area (Å²) >= 11 is 0. The molecule has 0 amide bonds. The van der Waals surface area contributed by atoms with Gasteiger partial charge in [0.05, 0.1) is 12.1 Å². The third kappa shape index (κ3) is 6.40. The molecule has 0 aromatic rings. The largest absolute Gasteiger partial charge is 0.414 e. The fraction of sp³-hybridized carbons (Fsp3) is 0.750. The lowest BCUT2D eigenvalue weighted by Gasteiger charge is -2.25. The molecule has 0 heterocycles. The molecule has 0 saturated heterocycles. The Balaban J connectivity index is 5.03. The SMILES string of the molecule is CC(OP(=O)(C=CF)OC(C)C(F)(F)F)C(F)(F)F. The van der Waals surface area contributed by atoms with Gasteiger partial charge in [0.25, 0.3) is 0 Å². The van der Waals surface area contributed by atoms with Crippen LogP contribution in [0.15, 0.2) is 12.1 Å². The minimum absolute atomic E-state index is 0.114. The Morgan fingerprint density at radius 2 is 1.26 bits per heavy atom. The molecule has 0 aliphatic rings. The van der Waals surface area contributed by atoms with Crippen LogP contribution < -0.4 is 0 Å². The molecule has 0 aliphatic carbocycles. The highest BCUT2D eigenvalue weighted by Crippen LogP contribution is 2.55. The molecule has 0 N–H and O–H groups in total. The quantitative estimate of drug-likeness (QED) is 0.551. The predicted molar refractivity (Wildman–Crippen MR) is 51.1 cm³/mol. The van der Waals surface area contributed by atoms with Crippen molar-refractivity contribution in [3.8, 4) is 0 Å². The monoisotopic (exact) mass is 318 g/mol. The van der Waals surface area contributed by atoms with Crippen molar-refractivity contribution < 1.29 is 44.3 Å². The van der Waals surface area contributed by atoms with Gasteiger partial charge in [0, 0.05) is 0 Å². The summed E-state index contributed by atoms with van der Waals surface area (Å²) in [5.41, 5.74) is 0. The van der Waals surface area contributed by atoms with E-state index in [1.165, 1.54) is 0 Å². The van der Waals surface area contributed by atoms with Crippen molar-refractivity contribution in [3.05, 3.63) is 12.1 Å². The molecule has 0 aromatic carbocycles. The van der Waals surface area contributed by atoms with Gasteiger partial charge >= 0.3 is 19.9 Å². The molecule has 0 aliphatic heterocycles. The summed E-state index contributed by atoms with van der Waals surface area (Å²) in [6.45, 7) is 0.806. The van der Waals surface area contributed by atoms with Gasteiger partial charge in [-0.05, 0) is 13.8 Å². The van der Waals surface area contributed by atoms with Gasteiger partial charge < -0.3 is 0 Å². The minimum atomic E-state index is -5.02. The predicted octanol–water partition coefficient (Wildman–Crippen LogP) is 4.56. The van der Waals surface area contributed by atoms with Crippen LogP contribution in [0, 0.1) is 0 Å². The minimum Gasteiger partial charge on any atom is -0.293 e. The summed E-state index contributed by atoms with van der Waals surface area (Å²) in [7, 11) is -5.02. The Kier molecular flexibility index (Phi) is 6.04. The van der Waals surface area contributed by atoms with E-state index in [0.717, 1.165) is 0 Å². The molecule has 0 saturated carbocycles. The van der Waals surface area contributed by atoms with E-state index in [4.69, 9.17) is 0 Å². The Labute approximate surface area is 103 Å². The van der Waals surface area contributed by atoms with Crippen LogP contribution in [0.5, 0.6) is 0 Å².